The van der Waals surface area contributed by atoms with Crippen LogP contribution >= 0.6 is 34.4 Å². The lowest BCUT2D eigenvalue weighted by molar-refractivity contribution is 0.672. The van der Waals surface area contributed by atoms with Crippen molar-refractivity contribution >= 4 is 54.9 Å². The molecule has 0 radical (unpaired) electrons. The monoisotopic (exact) mass is 372 g/mol. The number of aromatic nitrogens is 4. The van der Waals surface area contributed by atoms with Crippen LogP contribution in [0.15, 0.2) is 51.5 Å². The lowest BCUT2D eigenvalue weighted by atomic mass is 10.4. The minimum absolute atomic E-state index is 0.0459. The SMILES string of the molecule is C=CCn1c(Sc2ncnc3sc(C)cc23)nc2sccc2c1=O. The summed E-state index contributed by atoms with van der Waals surface area (Å²) in [6.07, 6.45) is 3.26. The highest BCUT2D eigenvalue weighted by atomic mass is 32.2. The number of nitrogens with zero attached hydrogens (tertiary/aromatic N) is 4. The van der Waals surface area contributed by atoms with Gasteiger partial charge in [0.15, 0.2) is 5.16 Å². The summed E-state index contributed by atoms with van der Waals surface area (Å²) in [6.45, 7) is 6.21. The smallest absolute Gasteiger partial charge is 0.263 e. The number of thiophene rings is 2. The zero-order valence-electron chi connectivity index (χ0n) is 12.7. The summed E-state index contributed by atoms with van der Waals surface area (Å²) in [5, 5.41) is 4.96. The van der Waals surface area contributed by atoms with Crippen molar-refractivity contribution in [3.05, 3.63) is 51.7 Å². The second-order valence-corrected chi connectivity index (χ2v) is 8.18. The summed E-state index contributed by atoms with van der Waals surface area (Å²) in [6, 6.07) is 3.89. The van der Waals surface area contributed by atoms with Gasteiger partial charge in [-0.25, -0.2) is 15.0 Å². The molecule has 0 aliphatic heterocycles. The zero-order chi connectivity index (χ0) is 16.7. The fourth-order valence-corrected chi connectivity index (χ4v) is 5.09. The van der Waals surface area contributed by atoms with E-state index in [1.807, 2.05) is 18.4 Å². The van der Waals surface area contributed by atoms with E-state index in [9.17, 15) is 4.79 Å². The van der Waals surface area contributed by atoms with E-state index in [1.165, 1.54) is 28.0 Å². The van der Waals surface area contributed by atoms with Crippen LogP contribution in [0.5, 0.6) is 0 Å². The highest BCUT2D eigenvalue weighted by Gasteiger charge is 2.15. The van der Waals surface area contributed by atoms with Gasteiger partial charge in [-0.3, -0.25) is 9.36 Å². The number of allylic oxidation sites excluding steroid dienone is 1. The van der Waals surface area contributed by atoms with E-state index < -0.39 is 0 Å². The molecule has 0 unspecified atom stereocenters. The maximum absolute atomic E-state index is 12.7. The van der Waals surface area contributed by atoms with Gasteiger partial charge in [-0.2, -0.15) is 0 Å². The molecular weight excluding hydrogens is 360 g/mol. The summed E-state index contributed by atoms with van der Waals surface area (Å²) in [5.74, 6) is 0. The molecule has 0 aromatic carbocycles. The topological polar surface area (TPSA) is 60.7 Å². The quantitative estimate of drug-likeness (QED) is 0.306. The fraction of sp³-hybridized carbons (Fsp3) is 0.125. The van der Waals surface area contributed by atoms with Crippen molar-refractivity contribution in [1.82, 2.24) is 19.5 Å². The molecule has 5 nitrogen and oxygen atoms in total. The van der Waals surface area contributed by atoms with Crippen LogP contribution < -0.4 is 5.56 Å². The van der Waals surface area contributed by atoms with E-state index in [4.69, 9.17) is 0 Å². The Balaban J connectivity index is 1.90. The molecule has 120 valence electrons. The molecule has 4 aromatic heterocycles. The van der Waals surface area contributed by atoms with Crippen LogP contribution in [0.4, 0.5) is 0 Å². The van der Waals surface area contributed by atoms with Gasteiger partial charge in [0.1, 0.15) is 21.0 Å². The maximum atomic E-state index is 12.7. The second kappa shape index (κ2) is 6.12. The summed E-state index contributed by atoms with van der Waals surface area (Å²) < 4.78 is 1.64. The Hall–Kier alpha value is -2.03. The Morgan fingerprint density at radius 1 is 1.33 bits per heavy atom. The molecule has 0 N–H and O–H groups in total. The Morgan fingerprint density at radius 2 is 2.21 bits per heavy atom. The largest absolute Gasteiger partial charge is 0.283 e. The minimum atomic E-state index is -0.0459. The Morgan fingerprint density at radius 3 is 3.04 bits per heavy atom. The number of rotatable bonds is 4. The highest BCUT2D eigenvalue weighted by Crippen LogP contribution is 2.34. The number of aryl methyl sites for hydroxylation is 1. The first kappa shape index (κ1) is 15.5. The van der Waals surface area contributed by atoms with Gasteiger partial charge < -0.3 is 0 Å². The molecule has 8 heteroatoms. The van der Waals surface area contributed by atoms with Gasteiger partial charge in [0.25, 0.3) is 5.56 Å². The van der Waals surface area contributed by atoms with Crippen molar-refractivity contribution in [2.75, 3.05) is 0 Å². The third kappa shape index (κ3) is 2.56. The van der Waals surface area contributed by atoms with Gasteiger partial charge in [0.05, 0.1) is 5.39 Å². The molecule has 4 aromatic rings. The lowest BCUT2D eigenvalue weighted by Gasteiger charge is -2.09. The van der Waals surface area contributed by atoms with Crippen molar-refractivity contribution in [2.45, 2.75) is 23.7 Å². The van der Waals surface area contributed by atoms with Crippen molar-refractivity contribution in [3.8, 4) is 0 Å². The third-order valence-corrected chi connectivity index (χ3v) is 6.24. The molecule has 0 saturated heterocycles. The van der Waals surface area contributed by atoms with Gasteiger partial charge in [0.2, 0.25) is 0 Å². The predicted molar refractivity (Wildman–Crippen MR) is 100 cm³/mol. The van der Waals surface area contributed by atoms with E-state index in [2.05, 4.69) is 27.6 Å². The van der Waals surface area contributed by atoms with Crippen LogP contribution in [-0.4, -0.2) is 19.5 Å². The first-order chi connectivity index (χ1) is 11.7. The molecule has 4 heterocycles. The average Bonchev–Trinajstić information content (AvgIpc) is 3.17. The lowest BCUT2D eigenvalue weighted by Crippen LogP contribution is -2.22. The Labute approximate surface area is 149 Å². The van der Waals surface area contributed by atoms with E-state index in [1.54, 1.807) is 28.3 Å². The summed E-state index contributed by atoms with van der Waals surface area (Å²) in [4.78, 5) is 28.9. The molecule has 0 bridgehead atoms. The van der Waals surface area contributed by atoms with Crippen molar-refractivity contribution in [3.63, 3.8) is 0 Å². The molecule has 0 aliphatic carbocycles. The van der Waals surface area contributed by atoms with E-state index in [-0.39, 0.29) is 5.56 Å². The van der Waals surface area contributed by atoms with Crippen LogP contribution in [0.3, 0.4) is 0 Å². The van der Waals surface area contributed by atoms with Crippen LogP contribution in [-0.2, 0) is 6.54 Å². The zero-order valence-corrected chi connectivity index (χ0v) is 15.2. The molecular formula is C16H12N4OS3. The third-order valence-electron chi connectivity index (χ3n) is 3.46. The second-order valence-electron chi connectivity index (χ2n) is 5.10. The van der Waals surface area contributed by atoms with Crippen LogP contribution in [0.25, 0.3) is 20.4 Å². The fourth-order valence-electron chi connectivity index (χ4n) is 2.42. The maximum Gasteiger partial charge on any atom is 0.263 e. The molecule has 0 saturated carbocycles. The van der Waals surface area contributed by atoms with E-state index in [0.717, 1.165) is 20.1 Å². The highest BCUT2D eigenvalue weighted by molar-refractivity contribution is 7.99. The number of hydrogen-bond acceptors (Lipinski definition) is 7. The van der Waals surface area contributed by atoms with E-state index in [0.29, 0.717) is 17.1 Å². The number of fused-ring (bicyclic) bond motifs is 2. The van der Waals surface area contributed by atoms with Crippen LogP contribution in [0.1, 0.15) is 4.88 Å². The first-order valence-corrected chi connectivity index (χ1v) is 9.66. The molecule has 24 heavy (non-hydrogen) atoms. The Kier molecular flexibility index (Phi) is 3.95. The summed E-state index contributed by atoms with van der Waals surface area (Å²) in [5.41, 5.74) is -0.0459. The summed E-state index contributed by atoms with van der Waals surface area (Å²) >= 11 is 4.49. The summed E-state index contributed by atoms with van der Waals surface area (Å²) in [7, 11) is 0. The molecule has 0 atom stereocenters. The van der Waals surface area contributed by atoms with Crippen molar-refractivity contribution < 1.29 is 0 Å². The predicted octanol–water partition coefficient (Wildman–Crippen LogP) is 4.11. The average molecular weight is 373 g/mol. The van der Waals surface area contributed by atoms with Crippen LogP contribution in [0.2, 0.25) is 0 Å². The van der Waals surface area contributed by atoms with Gasteiger partial charge >= 0.3 is 0 Å². The standard InChI is InChI=1S/C16H12N4OS3/c1-3-5-20-15(21)10-4-6-22-14(10)19-16(20)24-13-11-7-9(2)23-12(11)17-8-18-13/h3-4,6-8H,1,5H2,2H3. The minimum Gasteiger partial charge on any atom is -0.283 e. The van der Waals surface area contributed by atoms with E-state index >= 15 is 0 Å². The molecule has 0 aliphatic rings. The van der Waals surface area contributed by atoms with Crippen LogP contribution in [0, 0.1) is 6.92 Å². The molecule has 0 spiro atoms. The first-order valence-electron chi connectivity index (χ1n) is 7.15. The van der Waals surface area contributed by atoms with Gasteiger partial charge in [0, 0.05) is 16.8 Å². The van der Waals surface area contributed by atoms with Gasteiger partial charge in [-0.1, -0.05) is 6.08 Å². The van der Waals surface area contributed by atoms with Crippen molar-refractivity contribution in [1.29, 1.82) is 0 Å². The normalized spacial score (nSPS) is 11.4. The molecule has 4 rings (SSSR count). The van der Waals surface area contributed by atoms with Crippen molar-refractivity contribution in [2.24, 2.45) is 0 Å². The number of hydrogen-bond donors (Lipinski definition) is 0. The molecule has 0 amide bonds. The molecule has 0 fully saturated rings. The van der Waals surface area contributed by atoms with Gasteiger partial charge in [-0.05, 0) is 36.2 Å². The van der Waals surface area contributed by atoms with Gasteiger partial charge in [-0.15, -0.1) is 29.3 Å². The Bertz CT molecular complexity index is 1130.